The van der Waals surface area contributed by atoms with Crippen LogP contribution in [0.2, 0.25) is 0 Å². The molecule has 1 aromatic carbocycles. The van der Waals surface area contributed by atoms with Crippen molar-refractivity contribution in [1.82, 2.24) is 15.0 Å². The van der Waals surface area contributed by atoms with Crippen molar-refractivity contribution in [2.75, 3.05) is 23.7 Å². The van der Waals surface area contributed by atoms with E-state index in [1.165, 1.54) is 12.1 Å². The molecule has 2 heterocycles. The van der Waals surface area contributed by atoms with Crippen LogP contribution in [-0.2, 0) is 0 Å². The normalized spacial score (nSPS) is 14.5. The van der Waals surface area contributed by atoms with Gasteiger partial charge in [-0.3, -0.25) is 0 Å². The zero-order chi connectivity index (χ0) is 14.8. The monoisotopic (exact) mass is 353 g/mol. The summed E-state index contributed by atoms with van der Waals surface area (Å²) >= 11 is 3.26. The topological polar surface area (TPSA) is 77.2 Å². The molecule has 6 nitrogen and oxygen atoms in total. The molecule has 0 saturated carbocycles. The van der Waals surface area contributed by atoms with E-state index in [0.717, 1.165) is 25.9 Å². The summed E-state index contributed by atoms with van der Waals surface area (Å²) in [6.45, 7) is 1.74. The molecule has 21 heavy (non-hydrogen) atoms. The molecular weight excluding hydrogens is 341 g/mol. The SMILES string of the molecule is Nc1nc(Oc2cc(Br)ccc2F)nc(N2CCCC2)n1. The van der Waals surface area contributed by atoms with Crippen molar-refractivity contribution in [3.05, 3.63) is 28.5 Å². The number of hydrogen-bond acceptors (Lipinski definition) is 6. The third-order valence-corrected chi connectivity index (χ3v) is 3.60. The molecule has 0 amide bonds. The van der Waals surface area contributed by atoms with E-state index in [4.69, 9.17) is 10.5 Å². The van der Waals surface area contributed by atoms with Crippen LogP contribution in [0.15, 0.2) is 22.7 Å². The summed E-state index contributed by atoms with van der Waals surface area (Å²) in [6.07, 6.45) is 2.17. The summed E-state index contributed by atoms with van der Waals surface area (Å²) in [5, 5.41) is 0. The summed E-state index contributed by atoms with van der Waals surface area (Å²) in [7, 11) is 0. The van der Waals surface area contributed by atoms with Gasteiger partial charge in [0.05, 0.1) is 0 Å². The van der Waals surface area contributed by atoms with Crippen molar-refractivity contribution in [2.24, 2.45) is 0 Å². The number of halogens is 2. The number of nitrogens with two attached hydrogens (primary N) is 1. The maximum absolute atomic E-state index is 13.7. The van der Waals surface area contributed by atoms with Crippen LogP contribution in [0.4, 0.5) is 16.3 Å². The second kappa shape index (κ2) is 5.80. The quantitative estimate of drug-likeness (QED) is 0.913. The largest absolute Gasteiger partial charge is 0.421 e. The Labute approximate surface area is 129 Å². The smallest absolute Gasteiger partial charge is 0.328 e. The Balaban J connectivity index is 1.89. The number of benzene rings is 1. The molecule has 8 heteroatoms. The Bertz CT molecular complexity index is 663. The molecule has 1 aliphatic heterocycles. The van der Waals surface area contributed by atoms with Crippen molar-refractivity contribution in [1.29, 1.82) is 0 Å². The molecule has 0 bridgehead atoms. The second-order valence-electron chi connectivity index (χ2n) is 4.65. The van der Waals surface area contributed by atoms with Gasteiger partial charge < -0.3 is 15.4 Å². The minimum atomic E-state index is -0.500. The molecule has 0 aliphatic carbocycles. The van der Waals surface area contributed by atoms with Gasteiger partial charge in [0.1, 0.15) is 0 Å². The first-order valence-corrected chi connectivity index (χ1v) is 7.30. The fourth-order valence-electron chi connectivity index (χ4n) is 2.12. The molecule has 110 valence electrons. The third kappa shape index (κ3) is 3.21. The zero-order valence-corrected chi connectivity index (χ0v) is 12.7. The minimum Gasteiger partial charge on any atom is -0.421 e. The number of ether oxygens (including phenoxy) is 1. The van der Waals surface area contributed by atoms with Crippen LogP contribution in [0.3, 0.4) is 0 Å². The van der Waals surface area contributed by atoms with Crippen LogP contribution in [0.25, 0.3) is 0 Å². The lowest BCUT2D eigenvalue weighted by atomic mass is 10.3. The van der Waals surface area contributed by atoms with Crippen LogP contribution in [0, 0.1) is 5.82 Å². The van der Waals surface area contributed by atoms with E-state index >= 15 is 0 Å². The summed E-state index contributed by atoms with van der Waals surface area (Å²) in [5.41, 5.74) is 5.68. The van der Waals surface area contributed by atoms with E-state index in [1.54, 1.807) is 6.07 Å². The lowest BCUT2D eigenvalue weighted by Gasteiger charge is -2.15. The fraction of sp³-hybridized carbons (Fsp3) is 0.308. The van der Waals surface area contributed by atoms with E-state index in [9.17, 15) is 4.39 Å². The van der Waals surface area contributed by atoms with Gasteiger partial charge in [0, 0.05) is 17.6 Å². The van der Waals surface area contributed by atoms with Gasteiger partial charge in [-0.05, 0) is 31.0 Å². The van der Waals surface area contributed by atoms with E-state index in [-0.39, 0.29) is 17.7 Å². The summed E-state index contributed by atoms with van der Waals surface area (Å²) in [6, 6.07) is 4.37. The number of rotatable bonds is 3. The van der Waals surface area contributed by atoms with Crippen molar-refractivity contribution in [3.63, 3.8) is 0 Å². The number of aromatic nitrogens is 3. The number of nitrogen functional groups attached to an aromatic ring is 1. The molecule has 1 saturated heterocycles. The molecule has 0 spiro atoms. The van der Waals surface area contributed by atoms with Crippen LogP contribution >= 0.6 is 15.9 Å². The van der Waals surface area contributed by atoms with E-state index < -0.39 is 5.82 Å². The van der Waals surface area contributed by atoms with Gasteiger partial charge in [0.25, 0.3) is 0 Å². The summed E-state index contributed by atoms with van der Waals surface area (Å²) in [5.74, 6) is 0.0463. The third-order valence-electron chi connectivity index (χ3n) is 3.10. The predicted octanol–water partition coefficient (Wildman–Crippen LogP) is 2.75. The zero-order valence-electron chi connectivity index (χ0n) is 11.1. The molecular formula is C13H13BrFN5O. The Morgan fingerprint density at radius 2 is 1.95 bits per heavy atom. The molecule has 3 rings (SSSR count). The standard InChI is InChI=1S/C13H13BrFN5O/c14-8-3-4-9(15)10(7-8)21-13-18-11(16)17-12(19-13)20-5-1-2-6-20/h3-4,7H,1-2,5-6H2,(H2,16,17,18,19). The number of anilines is 2. The van der Waals surface area contributed by atoms with Crippen LogP contribution in [-0.4, -0.2) is 28.0 Å². The Morgan fingerprint density at radius 3 is 2.71 bits per heavy atom. The highest BCUT2D eigenvalue weighted by Gasteiger charge is 2.18. The Hall–Kier alpha value is -1.96. The Morgan fingerprint density at radius 1 is 1.19 bits per heavy atom. The molecule has 0 atom stereocenters. The average molecular weight is 354 g/mol. The molecule has 2 N–H and O–H groups in total. The van der Waals surface area contributed by atoms with Crippen molar-refractivity contribution >= 4 is 27.8 Å². The highest BCUT2D eigenvalue weighted by molar-refractivity contribution is 9.10. The van der Waals surface area contributed by atoms with Gasteiger partial charge >= 0.3 is 6.01 Å². The lowest BCUT2D eigenvalue weighted by molar-refractivity contribution is 0.410. The highest BCUT2D eigenvalue weighted by atomic mass is 79.9. The molecule has 0 unspecified atom stereocenters. The Kier molecular flexibility index (Phi) is 3.87. The van der Waals surface area contributed by atoms with Gasteiger partial charge in [-0.1, -0.05) is 15.9 Å². The summed E-state index contributed by atoms with van der Waals surface area (Å²) < 4.78 is 19.8. The van der Waals surface area contributed by atoms with Crippen molar-refractivity contribution < 1.29 is 9.13 Å². The average Bonchev–Trinajstić information content (AvgIpc) is 2.96. The van der Waals surface area contributed by atoms with E-state index in [0.29, 0.717) is 10.4 Å². The van der Waals surface area contributed by atoms with Crippen LogP contribution < -0.4 is 15.4 Å². The molecule has 1 fully saturated rings. The number of hydrogen-bond donors (Lipinski definition) is 1. The molecule has 1 aromatic heterocycles. The van der Waals surface area contributed by atoms with Gasteiger partial charge in [-0.25, -0.2) is 4.39 Å². The first kappa shape index (κ1) is 14.0. The lowest BCUT2D eigenvalue weighted by Crippen LogP contribution is -2.21. The minimum absolute atomic E-state index is 0.0126. The van der Waals surface area contributed by atoms with Gasteiger partial charge in [0.15, 0.2) is 11.6 Å². The molecule has 1 aliphatic rings. The van der Waals surface area contributed by atoms with E-state index in [1.807, 2.05) is 4.90 Å². The van der Waals surface area contributed by atoms with Gasteiger partial charge in [0.2, 0.25) is 11.9 Å². The first-order valence-electron chi connectivity index (χ1n) is 6.51. The molecule has 0 radical (unpaired) electrons. The second-order valence-corrected chi connectivity index (χ2v) is 5.56. The van der Waals surface area contributed by atoms with Crippen LogP contribution in [0.1, 0.15) is 12.8 Å². The maximum Gasteiger partial charge on any atom is 0.328 e. The van der Waals surface area contributed by atoms with Gasteiger partial charge in [-0.2, -0.15) is 15.0 Å². The van der Waals surface area contributed by atoms with Crippen molar-refractivity contribution in [3.8, 4) is 11.8 Å². The summed E-state index contributed by atoms with van der Waals surface area (Å²) in [4.78, 5) is 14.2. The highest BCUT2D eigenvalue weighted by Crippen LogP contribution is 2.27. The molecule has 2 aromatic rings. The van der Waals surface area contributed by atoms with E-state index in [2.05, 4.69) is 30.9 Å². The number of nitrogens with zero attached hydrogens (tertiary/aromatic N) is 4. The fourth-order valence-corrected chi connectivity index (χ4v) is 2.46. The van der Waals surface area contributed by atoms with Gasteiger partial charge in [-0.15, -0.1) is 0 Å². The predicted molar refractivity (Wildman–Crippen MR) is 79.9 cm³/mol. The maximum atomic E-state index is 13.7. The van der Waals surface area contributed by atoms with Crippen molar-refractivity contribution in [2.45, 2.75) is 12.8 Å². The van der Waals surface area contributed by atoms with Crippen LogP contribution in [0.5, 0.6) is 11.8 Å². The first-order chi connectivity index (χ1) is 10.1.